The molecule has 2 aromatic rings. The van der Waals surface area contributed by atoms with Gasteiger partial charge in [-0.1, -0.05) is 0 Å². The fourth-order valence-corrected chi connectivity index (χ4v) is 3.55. The van der Waals surface area contributed by atoms with Crippen LogP contribution in [0.5, 0.6) is 11.5 Å². The third-order valence-electron chi connectivity index (χ3n) is 4.16. The van der Waals surface area contributed by atoms with E-state index in [1.807, 2.05) is 38.1 Å². The van der Waals surface area contributed by atoms with Gasteiger partial charge in [0, 0.05) is 13.6 Å². The lowest BCUT2D eigenvalue weighted by Crippen LogP contribution is -2.39. The molecule has 0 saturated heterocycles. The molecule has 2 N–H and O–H groups in total. The molecule has 1 heterocycles. The number of benzene rings is 1. The number of aryl methyl sites for hydroxylation is 1. The molecule has 0 spiro atoms. The highest BCUT2D eigenvalue weighted by atomic mass is 127. The average Bonchev–Trinajstić information content (AvgIpc) is 3.15. The highest BCUT2D eigenvalue weighted by molar-refractivity contribution is 14.0. The zero-order valence-corrected chi connectivity index (χ0v) is 21.7. The molecule has 1 aromatic carbocycles. The second-order valence-corrected chi connectivity index (χ2v) is 7.46. The zero-order valence-electron chi connectivity index (χ0n) is 18.6. The van der Waals surface area contributed by atoms with E-state index >= 15 is 0 Å². The number of nitrogens with one attached hydrogen (secondary N) is 2. The van der Waals surface area contributed by atoms with E-state index in [2.05, 4.69) is 20.6 Å². The van der Waals surface area contributed by atoms with Crippen LogP contribution in [0.25, 0.3) is 0 Å². The molecular weight excluding hydrogens is 531 g/mol. The summed E-state index contributed by atoms with van der Waals surface area (Å²) in [5, 5.41) is 7.37. The molecule has 0 saturated carbocycles. The number of esters is 1. The third-order valence-corrected chi connectivity index (χ3v) is 5.48. The first kappa shape index (κ1) is 27.0. The molecule has 2 rings (SSSR count). The average molecular weight is 562 g/mol. The number of halogens is 1. The van der Waals surface area contributed by atoms with Crippen molar-refractivity contribution in [1.29, 1.82) is 0 Å². The van der Waals surface area contributed by atoms with Gasteiger partial charge in [-0.25, -0.2) is 9.78 Å². The van der Waals surface area contributed by atoms with Gasteiger partial charge >= 0.3 is 5.97 Å². The topological polar surface area (TPSA) is 94.1 Å². The monoisotopic (exact) mass is 562 g/mol. The van der Waals surface area contributed by atoms with Crippen molar-refractivity contribution in [2.75, 3.05) is 33.9 Å². The Morgan fingerprint density at radius 3 is 2.55 bits per heavy atom. The molecule has 31 heavy (non-hydrogen) atoms. The second kappa shape index (κ2) is 14.1. The Kier molecular flexibility index (Phi) is 12.2. The van der Waals surface area contributed by atoms with Gasteiger partial charge in [0.05, 0.1) is 32.1 Å². The largest absolute Gasteiger partial charge is 0.497 e. The van der Waals surface area contributed by atoms with Crippen LogP contribution in [-0.2, 0) is 4.74 Å². The van der Waals surface area contributed by atoms with E-state index in [1.165, 1.54) is 11.3 Å². The van der Waals surface area contributed by atoms with Crippen molar-refractivity contribution in [3.05, 3.63) is 39.8 Å². The Balaban J connectivity index is 0.00000480. The lowest BCUT2D eigenvalue weighted by Gasteiger charge is -2.16. The second-order valence-electron chi connectivity index (χ2n) is 6.43. The van der Waals surface area contributed by atoms with Crippen LogP contribution < -0.4 is 20.1 Å². The number of hydrogen-bond donors (Lipinski definition) is 2. The molecule has 1 atom stereocenters. The van der Waals surface area contributed by atoms with Crippen LogP contribution in [0, 0.1) is 6.92 Å². The number of rotatable bonds is 10. The van der Waals surface area contributed by atoms with Crippen molar-refractivity contribution < 1.29 is 19.0 Å². The van der Waals surface area contributed by atoms with Crippen molar-refractivity contribution in [3.63, 3.8) is 0 Å². The van der Waals surface area contributed by atoms with Crippen LogP contribution in [0.4, 0.5) is 0 Å². The van der Waals surface area contributed by atoms with Gasteiger partial charge < -0.3 is 24.8 Å². The van der Waals surface area contributed by atoms with Gasteiger partial charge in [-0.05, 0) is 51.5 Å². The smallest absolute Gasteiger partial charge is 0.350 e. The van der Waals surface area contributed by atoms with Crippen molar-refractivity contribution in [3.8, 4) is 11.5 Å². The molecule has 172 valence electrons. The Labute approximate surface area is 204 Å². The molecule has 0 aliphatic rings. The van der Waals surface area contributed by atoms with Crippen LogP contribution in [0.2, 0.25) is 0 Å². The SMILES string of the molecule is CCOC(=O)c1sc(C(C)NC(=NC)NCCCOc2ccc(OC)cc2)nc1C.I. The molecule has 1 aromatic heterocycles. The maximum absolute atomic E-state index is 12.0. The number of nitrogens with zero attached hydrogens (tertiary/aromatic N) is 2. The minimum Gasteiger partial charge on any atom is -0.497 e. The highest BCUT2D eigenvalue weighted by Crippen LogP contribution is 2.24. The predicted molar refractivity (Wildman–Crippen MR) is 134 cm³/mol. The number of hydrogen-bond acceptors (Lipinski definition) is 7. The number of guanidine groups is 1. The van der Waals surface area contributed by atoms with Gasteiger partial charge in [-0.3, -0.25) is 4.99 Å². The summed E-state index contributed by atoms with van der Waals surface area (Å²) in [6.45, 7) is 7.21. The zero-order chi connectivity index (χ0) is 21.9. The van der Waals surface area contributed by atoms with Gasteiger partial charge in [-0.2, -0.15) is 0 Å². The van der Waals surface area contributed by atoms with Crippen LogP contribution in [-0.4, -0.2) is 50.8 Å². The summed E-state index contributed by atoms with van der Waals surface area (Å²) >= 11 is 1.34. The van der Waals surface area contributed by atoms with Gasteiger partial charge in [0.1, 0.15) is 21.4 Å². The number of aliphatic imine (C=N–C) groups is 1. The first-order chi connectivity index (χ1) is 14.5. The summed E-state index contributed by atoms with van der Waals surface area (Å²) in [7, 11) is 3.35. The number of thiazole rings is 1. The van der Waals surface area contributed by atoms with Gasteiger partial charge in [-0.15, -0.1) is 35.3 Å². The van der Waals surface area contributed by atoms with Crippen molar-refractivity contribution in [2.45, 2.75) is 33.2 Å². The normalized spacial score (nSPS) is 11.8. The van der Waals surface area contributed by atoms with E-state index in [9.17, 15) is 4.79 Å². The third kappa shape index (κ3) is 8.52. The summed E-state index contributed by atoms with van der Waals surface area (Å²) in [6.07, 6.45) is 0.810. The molecule has 1 unspecified atom stereocenters. The number of methoxy groups -OCH3 is 1. The molecule has 0 radical (unpaired) electrons. The lowest BCUT2D eigenvalue weighted by atomic mass is 10.3. The lowest BCUT2D eigenvalue weighted by molar-refractivity contribution is 0.0531. The van der Waals surface area contributed by atoms with Crippen molar-refractivity contribution in [1.82, 2.24) is 15.6 Å². The minimum absolute atomic E-state index is 0. The number of carbonyl (C=O) groups excluding carboxylic acids is 1. The van der Waals surface area contributed by atoms with Crippen molar-refractivity contribution >= 4 is 47.2 Å². The number of ether oxygens (including phenoxy) is 3. The maximum atomic E-state index is 12.0. The fraction of sp³-hybridized carbons (Fsp3) is 0.476. The predicted octanol–water partition coefficient (Wildman–Crippen LogP) is 3.95. The van der Waals surface area contributed by atoms with Crippen LogP contribution in [0.3, 0.4) is 0 Å². The Morgan fingerprint density at radius 2 is 1.94 bits per heavy atom. The maximum Gasteiger partial charge on any atom is 0.350 e. The first-order valence-corrected chi connectivity index (χ1v) is 10.7. The van der Waals surface area contributed by atoms with Crippen molar-refractivity contribution in [2.24, 2.45) is 4.99 Å². The quantitative estimate of drug-likeness (QED) is 0.149. The number of aromatic nitrogens is 1. The van der Waals surface area contributed by atoms with E-state index in [0.717, 1.165) is 22.9 Å². The van der Waals surface area contributed by atoms with E-state index in [4.69, 9.17) is 14.2 Å². The van der Waals surface area contributed by atoms with Crippen LogP contribution >= 0.6 is 35.3 Å². The van der Waals surface area contributed by atoms with E-state index in [-0.39, 0.29) is 36.0 Å². The molecule has 0 fully saturated rings. The molecule has 0 aliphatic heterocycles. The fourth-order valence-electron chi connectivity index (χ4n) is 2.59. The van der Waals surface area contributed by atoms with Gasteiger partial charge in [0.25, 0.3) is 0 Å². The Bertz CT molecular complexity index is 842. The van der Waals surface area contributed by atoms with E-state index in [0.29, 0.717) is 36.3 Å². The standard InChI is InChI=1S/C21H30N4O4S.HI/c1-6-28-20(26)18-14(2)24-19(30-18)15(3)25-21(22-4)23-12-7-13-29-17-10-8-16(27-5)9-11-17;/h8-11,15H,6-7,12-13H2,1-5H3,(H2,22,23,25);1H. The molecule has 0 amide bonds. The summed E-state index contributed by atoms with van der Waals surface area (Å²) in [6, 6.07) is 7.41. The minimum atomic E-state index is -0.328. The Morgan fingerprint density at radius 1 is 1.26 bits per heavy atom. The molecule has 0 aliphatic carbocycles. The summed E-state index contributed by atoms with van der Waals surface area (Å²) in [5.41, 5.74) is 0.681. The van der Waals surface area contributed by atoms with Crippen LogP contribution in [0.15, 0.2) is 29.3 Å². The first-order valence-electron chi connectivity index (χ1n) is 9.87. The van der Waals surface area contributed by atoms with Gasteiger partial charge in [0.15, 0.2) is 5.96 Å². The molecule has 0 bridgehead atoms. The molecule has 10 heteroatoms. The molecular formula is C21H31IN4O4S. The highest BCUT2D eigenvalue weighted by Gasteiger charge is 2.20. The summed E-state index contributed by atoms with van der Waals surface area (Å²) in [5.74, 6) is 1.95. The Hall–Kier alpha value is -2.08. The number of carbonyl (C=O) groups is 1. The van der Waals surface area contributed by atoms with Gasteiger partial charge in [0.2, 0.25) is 0 Å². The van der Waals surface area contributed by atoms with E-state index in [1.54, 1.807) is 21.1 Å². The summed E-state index contributed by atoms with van der Waals surface area (Å²) < 4.78 is 15.9. The van der Waals surface area contributed by atoms with Crippen LogP contribution in [0.1, 0.15) is 46.7 Å². The summed E-state index contributed by atoms with van der Waals surface area (Å²) in [4.78, 5) is 21.3. The van der Waals surface area contributed by atoms with E-state index < -0.39 is 0 Å². The molecule has 8 nitrogen and oxygen atoms in total.